The molecule has 0 aromatic heterocycles. The number of carbonyl (C=O) groups is 3. The number of urea groups is 1. The molecule has 0 saturated carbocycles. The van der Waals surface area contributed by atoms with Gasteiger partial charge in [0.15, 0.2) is 0 Å². The second-order valence-electron chi connectivity index (χ2n) is 4.86. The van der Waals surface area contributed by atoms with E-state index in [2.05, 4.69) is 4.74 Å². The first-order valence-electron chi connectivity index (χ1n) is 6.17. The minimum Gasteiger partial charge on any atom is -0.481 e. The van der Waals surface area contributed by atoms with Crippen molar-refractivity contribution in [1.29, 1.82) is 0 Å². The Labute approximate surface area is 112 Å². The normalized spacial score (nSPS) is 19.9. The van der Waals surface area contributed by atoms with E-state index in [4.69, 9.17) is 5.11 Å². The maximum absolute atomic E-state index is 12.1. The second-order valence-corrected chi connectivity index (χ2v) is 4.86. The average Bonchev–Trinajstić information content (AvgIpc) is 2.86. The molecule has 1 fully saturated rings. The molecule has 2 unspecified atom stereocenters. The number of carbonyl (C=O) groups excluding carboxylic acids is 2. The van der Waals surface area contributed by atoms with Gasteiger partial charge in [-0.15, -0.1) is 0 Å². The van der Waals surface area contributed by atoms with Crippen LogP contribution in [0.4, 0.5) is 4.79 Å². The first-order valence-corrected chi connectivity index (χ1v) is 6.17. The monoisotopic (exact) mass is 272 g/mol. The van der Waals surface area contributed by atoms with Crippen molar-refractivity contribution >= 4 is 18.0 Å². The lowest BCUT2D eigenvalue weighted by atomic mass is 10.1. The average molecular weight is 272 g/mol. The first-order chi connectivity index (χ1) is 8.86. The predicted octanol–water partition coefficient (Wildman–Crippen LogP) is 0.254. The summed E-state index contributed by atoms with van der Waals surface area (Å²) in [6.07, 6.45) is 0.474. The van der Waals surface area contributed by atoms with Crippen LogP contribution < -0.4 is 0 Å². The van der Waals surface area contributed by atoms with E-state index in [0.29, 0.717) is 13.0 Å². The van der Waals surface area contributed by atoms with Crippen molar-refractivity contribution in [3.05, 3.63) is 0 Å². The predicted molar refractivity (Wildman–Crippen MR) is 66.5 cm³/mol. The van der Waals surface area contributed by atoms with Gasteiger partial charge in [-0.1, -0.05) is 6.92 Å². The molecule has 1 saturated heterocycles. The summed E-state index contributed by atoms with van der Waals surface area (Å²) >= 11 is 0. The number of hydrogen-bond donors (Lipinski definition) is 1. The third kappa shape index (κ3) is 3.84. The lowest BCUT2D eigenvalue weighted by Gasteiger charge is -2.26. The Kier molecular flexibility index (Phi) is 5.14. The van der Waals surface area contributed by atoms with Crippen molar-refractivity contribution in [3.63, 3.8) is 0 Å². The molecule has 1 aliphatic rings. The summed E-state index contributed by atoms with van der Waals surface area (Å²) in [6, 6.07) is -0.250. The van der Waals surface area contributed by atoms with Crippen LogP contribution in [0.3, 0.4) is 0 Å². The highest BCUT2D eigenvalue weighted by Crippen LogP contribution is 2.18. The molecule has 108 valence electrons. The van der Waals surface area contributed by atoms with Crippen LogP contribution in [0.25, 0.3) is 0 Å². The number of rotatable bonds is 4. The number of aliphatic carboxylic acids is 1. The zero-order valence-electron chi connectivity index (χ0n) is 11.5. The smallest absolute Gasteiger partial charge is 0.319 e. The first kappa shape index (κ1) is 15.3. The Morgan fingerprint density at radius 1 is 1.47 bits per heavy atom. The minimum absolute atomic E-state index is 0.227. The summed E-state index contributed by atoms with van der Waals surface area (Å²) in [5, 5.41) is 8.89. The lowest BCUT2D eigenvalue weighted by Crippen LogP contribution is -2.43. The van der Waals surface area contributed by atoms with Crippen LogP contribution >= 0.6 is 0 Å². The van der Waals surface area contributed by atoms with Gasteiger partial charge in [-0.25, -0.2) is 4.79 Å². The van der Waals surface area contributed by atoms with E-state index in [9.17, 15) is 14.4 Å². The van der Waals surface area contributed by atoms with Crippen LogP contribution in [0.2, 0.25) is 0 Å². The van der Waals surface area contributed by atoms with Gasteiger partial charge in [-0.3, -0.25) is 9.59 Å². The van der Waals surface area contributed by atoms with Crippen LogP contribution in [-0.4, -0.2) is 66.7 Å². The fraction of sp³-hybridized carbons (Fsp3) is 0.750. The van der Waals surface area contributed by atoms with E-state index >= 15 is 0 Å². The molecule has 0 aromatic rings. The van der Waals surface area contributed by atoms with Crippen molar-refractivity contribution in [3.8, 4) is 0 Å². The van der Waals surface area contributed by atoms with Crippen LogP contribution in [0, 0.1) is 11.8 Å². The molecule has 19 heavy (non-hydrogen) atoms. The van der Waals surface area contributed by atoms with Crippen LogP contribution in [0.15, 0.2) is 0 Å². The van der Waals surface area contributed by atoms with Gasteiger partial charge in [-0.2, -0.15) is 0 Å². The molecule has 0 radical (unpaired) electrons. The minimum atomic E-state index is -0.874. The molecule has 0 bridgehead atoms. The standard InChI is InChI=1S/C12H20N2O5/c1-8(11(17)19-3)6-13(2)12(18)14-5-4-9(7-14)10(15)16/h8-9H,4-7H2,1-3H3,(H,15,16). The quantitative estimate of drug-likeness (QED) is 0.741. The fourth-order valence-electron chi connectivity index (χ4n) is 2.14. The molecule has 0 aromatic carbocycles. The maximum Gasteiger partial charge on any atom is 0.319 e. The maximum atomic E-state index is 12.1. The Hall–Kier alpha value is -1.79. The lowest BCUT2D eigenvalue weighted by molar-refractivity contribution is -0.145. The highest BCUT2D eigenvalue weighted by molar-refractivity contribution is 5.78. The molecule has 1 N–H and O–H groups in total. The summed E-state index contributed by atoms with van der Waals surface area (Å²) in [6.45, 7) is 2.59. The van der Waals surface area contributed by atoms with Gasteiger partial charge < -0.3 is 19.6 Å². The number of likely N-dealkylation sites (tertiary alicyclic amines) is 1. The summed E-state index contributed by atoms with van der Waals surface area (Å²) in [7, 11) is 2.90. The van der Waals surface area contributed by atoms with E-state index in [1.165, 1.54) is 16.9 Å². The summed E-state index contributed by atoms with van der Waals surface area (Å²) in [5.74, 6) is -2.14. The Morgan fingerprint density at radius 3 is 2.58 bits per heavy atom. The molecule has 1 aliphatic heterocycles. The molecule has 7 nitrogen and oxygen atoms in total. The largest absolute Gasteiger partial charge is 0.481 e. The highest BCUT2D eigenvalue weighted by atomic mass is 16.5. The molecule has 2 atom stereocenters. The number of ether oxygens (including phenoxy) is 1. The third-order valence-corrected chi connectivity index (χ3v) is 3.29. The van der Waals surface area contributed by atoms with Crippen molar-refractivity contribution in [2.24, 2.45) is 11.8 Å². The van der Waals surface area contributed by atoms with Crippen LogP contribution in [0.1, 0.15) is 13.3 Å². The fourth-order valence-corrected chi connectivity index (χ4v) is 2.14. The van der Waals surface area contributed by atoms with Crippen molar-refractivity contribution < 1.29 is 24.2 Å². The molecular formula is C12H20N2O5. The van der Waals surface area contributed by atoms with E-state index < -0.39 is 17.8 Å². The number of carboxylic acid groups (broad SMARTS) is 1. The molecular weight excluding hydrogens is 252 g/mol. The number of nitrogens with zero attached hydrogens (tertiary/aromatic N) is 2. The Morgan fingerprint density at radius 2 is 2.11 bits per heavy atom. The van der Waals surface area contributed by atoms with Gasteiger partial charge in [-0.05, 0) is 6.42 Å². The summed E-state index contributed by atoms with van der Waals surface area (Å²) in [4.78, 5) is 37.1. The molecule has 1 heterocycles. The Bertz CT molecular complexity index is 371. The van der Waals surface area contributed by atoms with Gasteiger partial charge in [0.05, 0.1) is 18.9 Å². The van der Waals surface area contributed by atoms with Crippen LogP contribution in [0.5, 0.6) is 0 Å². The van der Waals surface area contributed by atoms with Crippen molar-refractivity contribution in [2.75, 3.05) is 33.8 Å². The molecule has 7 heteroatoms. The zero-order chi connectivity index (χ0) is 14.6. The highest BCUT2D eigenvalue weighted by Gasteiger charge is 2.32. The third-order valence-electron chi connectivity index (χ3n) is 3.29. The van der Waals surface area contributed by atoms with E-state index in [1.807, 2.05) is 0 Å². The van der Waals surface area contributed by atoms with Gasteiger partial charge in [0, 0.05) is 26.7 Å². The number of hydrogen-bond acceptors (Lipinski definition) is 4. The summed E-state index contributed by atoms with van der Waals surface area (Å²) in [5.41, 5.74) is 0. The molecule has 0 spiro atoms. The van der Waals surface area contributed by atoms with Gasteiger partial charge in [0.2, 0.25) is 0 Å². The number of methoxy groups -OCH3 is 1. The molecule has 2 amide bonds. The zero-order valence-corrected chi connectivity index (χ0v) is 11.5. The van der Waals surface area contributed by atoms with E-state index in [0.717, 1.165) is 0 Å². The number of esters is 1. The second kappa shape index (κ2) is 6.40. The topological polar surface area (TPSA) is 87.2 Å². The number of amides is 2. The van der Waals surface area contributed by atoms with Crippen molar-refractivity contribution in [2.45, 2.75) is 13.3 Å². The van der Waals surface area contributed by atoms with Crippen molar-refractivity contribution in [1.82, 2.24) is 9.80 Å². The number of carboxylic acids is 1. The Balaban J connectivity index is 2.49. The van der Waals surface area contributed by atoms with E-state index in [-0.39, 0.29) is 25.1 Å². The molecule has 1 rings (SSSR count). The van der Waals surface area contributed by atoms with Crippen LogP contribution in [-0.2, 0) is 14.3 Å². The molecule has 0 aliphatic carbocycles. The van der Waals surface area contributed by atoms with Gasteiger partial charge in [0.1, 0.15) is 0 Å². The van der Waals surface area contributed by atoms with Gasteiger partial charge in [0.25, 0.3) is 0 Å². The summed E-state index contributed by atoms with van der Waals surface area (Å²) < 4.78 is 4.60. The van der Waals surface area contributed by atoms with Gasteiger partial charge >= 0.3 is 18.0 Å². The SMILES string of the molecule is COC(=O)C(C)CN(C)C(=O)N1CCC(C(=O)O)C1. The van der Waals surface area contributed by atoms with E-state index in [1.54, 1.807) is 14.0 Å².